The third-order valence-electron chi connectivity index (χ3n) is 3.11. The van der Waals surface area contributed by atoms with Gasteiger partial charge in [0, 0.05) is 50.7 Å². The first-order valence-corrected chi connectivity index (χ1v) is 10.7. The molecule has 0 aromatic heterocycles. The summed E-state index contributed by atoms with van der Waals surface area (Å²) in [6.45, 7) is 2.03. The van der Waals surface area contributed by atoms with Crippen molar-refractivity contribution in [2.24, 2.45) is 5.73 Å². The number of aliphatic carboxylic acids is 1. The molecule has 1 atom stereocenters. The van der Waals surface area contributed by atoms with E-state index in [9.17, 15) is 9.59 Å². The van der Waals surface area contributed by atoms with E-state index in [1.807, 2.05) is 30.3 Å². The number of benzene rings is 1. The number of methoxy groups -OCH3 is 2. The number of thioether (sulfide) groups is 2. The second-order valence-corrected chi connectivity index (χ2v) is 7.54. The van der Waals surface area contributed by atoms with Gasteiger partial charge in [-0.3, -0.25) is 4.79 Å². The lowest BCUT2D eigenvalue weighted by atomic mass is 10.2. The predicted molar refractivity (Wildman–Crippen MR) is 112 cm³/mol. The van der Waals surface area contributed by atoms with Crippen molar-refractivity contribution < 1.29 is 24.2 Å². The van der Waals surface area contributed by atoms with Gasteiger partial charge in [0.05, 0.1) is 0 Å². The molecule has 0 bridgehead atoms. The lowest BCUT2D eigenvalue weighted by Crippen LogP contribution is -2.41. The number of carbonyl (C=O) groups is 2. The second kappa shape index (κ2) is 16.9. The zero-order valence-electron chi connectivity index (χ0n) is 16.1. The molecular weight excluding hydrogens is 388 g/mol. The normalized spacial score (nSPS) is 11.4. The molecule has 154 valence electrons. The maximum Gasteiger partial charge on any atom is 0.327 e. The highest BCUT2D eigenvalue weighted by atomic mass is 32.2. The molecular formula is C18H30N2O5S2. The number of ether oxygens (including phenoxy) is 2. The smallest absolute Gasteiger partial charge is 0.327 e. The van der Waals surface area contributed by atoms with Crippen LogP contribution < -0.4 is 11.1 Å². The van der Waals surface area contributed by atoms with E-state index in [4.69, 9.17) is 20.3 Å². The van der Waals surface area contributed by atoms with Crippen LogP contribution in [0.3, 0.4) is 0 Å². The third kappa shape index (κ3) is 14.5. The van der Waals surface area contributed by atoms with E-state index in [2.05, 4.69) is 5.32 Å². The van der Waals surface area contributed by atoms with Gasteiger partial charge in [-0.05, 0) is 5.56 Å². The second-order valence-electron chi connectivity index (χ2n) is 5.36. The minimum absolute atomic E-state index is 0.0865. The van der Waals surface area contributed by atoms with E-state index in [1.54, 1.807) is 26.0 Å². The van der Waals surface area contributed by atoms with Crippen LogP contribution in [-0.4, -0.2) is 67.3 Å². The molecule has 1 amide bonds. The molecule has 27 heavy (non-hydrogen) atoms. The molecule has 0 heterocycles. The minimum atomic E-state index is -0.999. The molecule has 0 aliphatic carbocycles. The van der Waals surface area contributed by atoms with E-state index < -0.39 is 12.0 Å². The summed E-state index contributed by atoms with van der Waals surface area (Å²) < 4.78 is 9.92. The number of carboxylic acids is 1. The number of nitrogens with one attached hydrogen (secondary N) is 1. The minimum Gasteiger partial charge on any atom is -0.480 e. The molecule has 0 saturated carbocycles. The van der Waals surface area contributed by atoms with Crippen LogP contribution >= 0.6 is 23.5 Å². The maximum absolute atomic E-state index is 10.8. The Morgan fingerprint density at radius 1 is 1.15 bits per heavy atom. The predicted octanol–water partition coefficient (Wildman–Crippen LogP) is 1.81. The van der Waals surface area contributed by atoms with Crippen molar-refractivity contribution in [2.45, 2.75) is 25.0 Å². The fourth-order valence-electron chi connectivity index (χ4n) is 1.78. The molecule has 0 radical (unpaired) electrons. The Morgan fingerprint density at radius 3 is 2.26 bits per heavy atom. The van der Waals surface area contributed by atoms with Gasteiger partial charge in [0.25, 0.3) is 0 Å². The maximum atomic E-state index is 10.8. The van der Waals surface area contributed by atoms with E-state index in [1.165, 1.54) is 18.7 Å². The van der Waals surface area contributed by atoms with Gasteiger partial charge in [0.2, 0.25) is 5.91 Å². The Balaban J connectivity index is 0.000000580. The van der Waals surface area contributed by atoms with Crippen LogP contribution in [0.1, 0.15) is 12.5 Å². The van der Waals surface area contributed by atoms with E-state index >= 15 is 0 Å². The average molecular weight is 419 g/mol. The number of amides is 1. The van der Waals surface area contributed by atoms with Crippen molar-refractivity contribution >= 4 is 35.4 Å². The summed E-state index contributed by atoms with van der Waals surface area (Å²) >= 11 is 3.22. The molecule has 0 fully saturated rings. The van der Waals surface area contributed by atoms with Crippen molar-refractivity contribution in [3.63, 3.8) is 0 Å². The van der Waals surface area contributed by atoms with Crippen LogP contribution in [0.2, 0.25) is 0 Å². The fraction of sp³-hybridized carbons (Fsp3) is 0.556. The topological polar surface area (TPSA) is 111 Å². The Labute approximate surface area is 169 Å². The fourth-order valence-corrected chi connectivity index (χ4v) is 3.59. The van der Waals surface area contributed by atoms with Crippen LogP contribution in [0.5, 0.6) is 0 Å². The number of hydrogen-bond donors (Lipinski definition) is 3. The average Bonchev–Trinajstić information content (AvgIpc) is 2.65. The van der Waals surface area contributed by atoms with Crippen molar-refractivity contribution in [1.82, 2.24) is 5.32 Å². The Bertz CT molecular complexity index is 516. The molecule has 0 aliphatic rings. The SMILES string of the molecule is CC(=O)NC(CSCc1ccccc1)C(=O)O.COC(CSCCN)OC. The van der Waals surface area contributed by atoms with Crippen LogP contribution in [0.4, 0.5) is 0 Å². The Kier molecular flexibility index (Phi) is 16.1. The first kappa shape index (κ1) is 25.7. The highest BCUT2D eigenvalue weighted by Crippen LogP contribution is 2.12. The quantitative estimate of drug-likeness (QED) is 0.348. The number of rotatable bonds is 12. The summed E-state index contributed by atoms with van der Waals surface area (Å²) in [5.41, 5.74) is 6.44. The van der Waals surface area contributed by atoms with Gasteiger partial charge >= 0.3 is 5.97 Å². The van der Waals surface area contributed by atoms with Gasteiger partial charge in [0.1, 0.15) is 6.04 Å². The van der Waals surface area contributed by atoms with Crippen LogP contribution in [0, 0.1) is 0 Å². The molecule has 0 spiro atoms. The summed E-state index contributed by atoms with van der Waals surface area (Å²) in [5.74, 6) is 1.60. The summed E-state index contributed by atoms with van der Waals surface area (Å²) in [7, 11) is 3.27. The molecule has 1 aromatic carbocycles. The van der Waals surface area contributed by atoms with Crippen molar-refractivity contribution in [1.29, 1.82) is 0 Å². The molecule has 7 nitrogen and oxygen atoms in total. The molecule has 9 heteroatoms. The van der Waals surface area contributed by atoms with Gasteiger partial charge in [-0.15, -0.1) is 0 Å². The number of carboxylic acid groups (broad SMARTS) is 1. The van der Waals surface area contributed by atoms with E-state index in [-0.39, 0.29) is 12.2 Å². The van der Waals surface area contributed by atoms with E-state index in [0.717, 1.165) is 22.8 Å². The molecule has 1 aromatic rings. The standard InChI is InChI=1S/C12H15NO3S.C6H15NO2S/c1-9(14)13-11(12(15)16)8-17-7-10-5-3-2-4-6-10;1-8-6(9-2)5-10-4-3-7/h2-6,11H,7-8H2,1H3,(H,13,14)(H,15,16);6H,3-5,7H2,1-2H3. The first-order chi connectivity index (χ1) is 12.9. The number of hydrogen-bond acceptors (Lipinski definition) is 7. The highest BCUT2D eigenvalue weighted by Gasteiger charge is 2.17. The van der Waals surface area contributed by atoms with Gasteiger partial charge in [-0.2, -0.15) is 23.5 Å². The third-order valence-corrected chi connectivity index (χ3v) is 5.25. The first-order valence-electron chi connectivity index (χ1n) is 8.39. The van der Waals surface area contributed by atoms with Crippen LogP contribution in [0.15, 0.2) is 30.3 Å². The van der Waals surface area contributed by atoms with Crippen LogP contribution in [-0.2, 0) is 24.8 Å². The summed E-state index contributed by atoms with van der Waals surface area (Å²) in [6, 6.07) is 8.98. The lowest BCUT2D eigenvalue weighted by Gasteiger charge is -2.12. The molecule has 0 aliphatic heterocycles. The number of carbonyl (C=O) groups excluding carboxylic acids is 1. The zero-order chi connectivity index (χ0) is 20.5. The zero-order valence-corrected chi connectivity index (χ0v) is 17.7. The molecule has 1 unspecified atom stereocenters. The Hall–Kier alpha value is -1.26. The Morgan fingerprint density at radius 2 is 1.78 bits per heavy atom. The molecule has 0 saturated heterocycles. The van der Waals surface area contributed by atoms with Gasteiger partial charge in [0.15, 0.2) is 6.29 Å². The highest BCUT2D eigenvalue weighted by molar-refractivity contribution is 7.99. The summed E-state index contributed by atoms with van der Waals surface area (Å²) in [4.78, 5) is 21.7. The molecule has 1 rings (SSSR count). The summed E-state index contributed by atoms with van der Waals surface area (Å²) in [5, 5.41) is 11.3. The van der Waals surface area contributed by atoms with Crippen molar-refractivity contribution in [3.8, 4) is 0 Å². The van der Waals surface area contributed by atoms with Gasteiger partial charge in [-0.25, -0.2) is 4.79 Å². The largest absolute Gasteiger partial charge is 0.480 e. The molecule has 4 N–H and O–H groups in total. The van der Waals surface area contributed by atoms with Gasteiger partial charge in [-0.1, -0.05) is 30.3 Å². The lowest BCUT2D eigenvalue weighted by molar-refractivity contribution is -0.140. The van der Waals surface area contributed by atoms with Crippen LogP contribution in [0.25, 0.3) is 0 Å². The van der Waals surface area contributed by atoms with E-state index in [0.29, 0.717) is 12.3 Å². The van der Waals surface area contributed by atoms with Gasteiger partial charge < -0.3 is 25.6 Å². The monoisotopic (exact) mass is 418 g/mol. The number of nitrogens with two attached hydrogens (primary N) is 1. The van der Waals surface area contributed by atoms with Crippen molar-refractivity contribution in [2.75, 3.05) is 38.0 Å². The summed E-state index contributed by atoms with van der Waals surface area (Å²) in [6.07, 6.45) is -0.0865. The van der Waals surface area contributed by atoms with Crippen molar-refractivity contribution in [3.05, 3.63) is 35.9 Å².